The Morgan fingerprint density at radius 2 is 1.59 bits per heavy atom. The van der Waals surface area contributed by atoms with Gasteiger partial charge in [-0.3, -0.25) is 0 Å². The second-order valence-corrected chi connectivity index (χ2v) is 4.19. The van der Waals surface area contributed by atoms with Crippen molar-refractivity contribution in [3.05, 3.63) is 54.7 Å². The van der Waals surface area contributed by atoms with Crippen molar-refractivity contribution in [2.45, 2.75) is 0 Å². The number of anilines is 2. The van der Waals surface area contributed by atoms with E-state index in [1.165, 1.54) is 5.69 Å². The van der Waals surface area contributed by atoms with Crippen LogP contribution >= 0.6 is 0 Å². The van der Waals surface area contributed by atoms with E-state index >= 15 is 0 Å². The zero-order valence-corrected chi connectivity index (χ0v) is 9.66. The number of hydrogen-bond acceptors (Lipinski definition) is 3. The molecule has 2 heterocycles. The third-order valence-electron chi connectivity index (χ3n) is 3.08. The number of para-hydroxylation sites is 1. The molecule has 0 atom stereocenters. The third-order valence-corrected chi connectivity index (χ3v) is 3.08. The summed E-state index contributed by atoms with van der Waals surface area (Å²) in [7, 11) is 0. The van der Waals surface area contributed by atoms with Gasteiger partial charge in [-0.1, -0.05) is 24.3 Å². The van der Waals surface area contributed by atoms with Gasteiger partial charge in [0.05, 0.1) is 6.67 Å². The van der Waals surface area contributed by atoms with Gasteiger partial charge in [-0.2, -0.15) is 0 Å². The first-order chi connectivity index (χ1) is 8.43. The van der Waals surface area contributed by atoms with Crippen LogP contribution in [0.2, 0.25) is 0 Å². The van der Waals surface area contributed by atoms with E-state index in [0.29, 0.717) is 0 Å². The molecule has 3 rings (SSSR count). The minimum Gasteiger partial charge on any atom is -0.352 e. The van der Waals surface area contributed by atoms with Gasteiger partial charge in [0, 0.05) is 25.0 Å². The molecule has 86 valence electrons. The average molecular weight is 225 g/mol. The van der Waals surface area contributed by atoms with Gasteiger partial charge in [-0.25, -0.2) is 4.98 Å². The fourth-order valence-electron chi connectivity index (χ4n) is 2.17. The van der Waals surface area contributed by atoms with Crippen molar-refractivity contribution in [1.82, 2.24) is 4.98 Å². The van der Waals surface area contributed by atoms with Crippen LogP contribution in [0, 0.1) is 0 Å². The molecule has 1 aliphatic heterocycles. The Balaban J connectivity index is 1.75. The van der Waals surface area contributed by atoms with Crippen LogP contribution in [-0.2, 0) is 0 Å². The second-order valence-electron chi connectivity index (χ2n) is 4.19. The van der Waals surface area contributed by atoms with Gasteiger partial charge in [0.2, 0.25) is 0 Å². The van der Waals surface area contributed by atoms with Crippen molar-refractivity contribution in [2.75, 3.05) is 29.6 Å². The highest BCUT2D eigenvalue weighted by molar-refractivity contribution is 5.51. The van der Waals surface area contributed by atoms with E-state index in [2.05, 4.69) is 51.2 Å². The summed E-state index contributed by atoms with van der Waals surface area (Å²) in [5, 5.41) is 0. The molecule has 0 N–H and O–H groups in total. The number of hydrogen-bond donors (Lipinski definition) is 0. The quantitative estimate of drug-likeness (QED) is 0.782. The van der Waals surface area contributed by atoms with E-state index in [4.69, 9.17) is 0 Å². The highest BCUT2D eigenvalue weighted by atomic mass is 15.4. The normalized spacial score (nSPS) is 15.3. The summed E-state index contributed by atoms with van der Waals surface area (Å²) in [4.78, 5) is 9.06. The second kappa shape index (κ2) is 4.45. The maximum atomic E-state index is 4.39. The molecule has 0 spiro atoms. The highest BCUT2D eigenvalue weighted by Gasteiger charge is 2.20. The van der Waals surface area contributed by atoms with Gasteiger partial charge in [0.1, 0.15) is 5.82 Å². The molecule has 0 amide bonds. The van der Waals surface area contributed by atoms with Gasteiger partial charge in [-0.15, -0.1) is 0 Å². The Labute approximate surface area is 101 Å². The van der Waals surface area contributed by atoms with Crippen LogP contribution in [0.4, 0.5) is 11.5 Å². The summed E-state index contributed by atoms with van der Waals surface area (Å²) >= 11 is 0. The first-order valence-corrected chi connectivity index (χ1v) is 5.89. The van der Waals surface area contributed by atoms with Gasteiger partial charge >= 0.3 is 0 Å². The van der Waals surface area contributed by atoms with Crippen LogP contribution < -0.4 is 9.80 Å². The lowest BCUT2D eigenvalue weighted by Crippen LogP contribution is -2.25. The summed E-state index contributed by atoms with van der Waals surface area (Å²) in [6, 6.07) is 16.6. The Morgan fingerprint density at radius 3 is 2.35 bits per heavy atom. The van der Waals surface area contributed by atoms with Gasteiger partial charge in [0.15, 0.2) is 0 Å². The average Bonchev–Trinajstić information content (AvgIpc) is 2.90. The fourth-order valence-corrected chi connectivity index (χ4v) is 2.17. The standard InChI is InChI=1S/C14H15N3/c1-2-6-13(7-3-1)16-10-11-17(12-16)14-8-4-5-9-15-14/h1-9H,10-12H2. The molecular formula is C14H15N3. The van der Waals surface area contributed by atoms with E-state index in [1.807, 2.05) is 18.3 Å². The Morgan fingerprint density at radius 1 is 0.824 bits per heavy atom. The number of pyridine rings is 1. The van der Waals surface area contributed by atoms with Crippen molar-refractivity contribution in [1.29, 1.82) is 0 Å². The number of aromatic nitrogens is 1. The molecule has 0 radical (unpaired) electrons. The molecule has 1 aliphatic rings. The van der Waals surface area contributed by atoms with Gasteiger partial charge < -0.3 is 9.80 Å². The smallest absolute Gasteiger partial charge is 0.129 e. The van der Waals surface area contributed by atoms with Gasteiger partial charge in [0.25, 0.3) is 0 Å². The monoisotopic (exact) mass is 225 g/mol. The molecule has 0 bridgehead atoms. The summed E-state index contributed by atoms with van der Waals surface area (Å²) in [6.07, 6.45) is 1.85. The molecule has 0 aliphatic carbocycles. The molecule has 2 aromatic rings. The van der Waals surface area contributed by atoms with Crippen LogP contribution in [0.25, 0.3) is 0 Å². The maximum absolute atomic E-state index is 4.39. The Bertz CT molecular complexity index is 424. The van der Waals surface area contributed by atoms with Crippen LogP contribution in [0.15, 0.2) is 54.7 Å². The van der Waals surface area contributed by atoms with Crippen molar-refractivity contribution in [3.8, 4) is 0 Å². The maximum Gasteiger partial charge on any atom is 0.129 e. The molecular weight excluding hydrogens is 210 g/mol. The molecule has 17 heavy (non-hydrogen) atoms. The molecule has 1 aromatic heterocycles. The van der Waals surface area contributed by atoms with E-state index in [-0.39, 0.29) is 0 Å². The van der Waals surface area contributed by atoms with Crippen LogP contribution in [0.1, 0.15) is 0 Å². The predicted octanol–water partition coefficient (Wildman–Crippen LogP) is 2.37. The third kappa shape index (κ3) is 2.09. The lowest BCUT2D eigenvalue weighted by atomic mass is 10.3. The summed E-state index contributed by atoms with van der Waals surface area (Å²) in [5.74, 6) is 1.06. The van der Waals surface area contributed by atoms with E-state index in [0.717, 1.165) is 25.6 Å². The van der Waals surface area contributed by atoms with Crippen molar-refractivity contribution in [2.24, 2.45) is 0 Å². The fraction of sp³-hybridized carbons (Fsp3) is 0.214. The lowest BCUT2D eigenvalue weighted by Gasteiger charge is -2.20. The summed E-state index contributed by atoms with van der Waals surface area (Å²) < 4.78 is 0. The summed E-state index contributed by atoms with van der Waals surface area (Å²) in [5.41, 5.74) is 1.28. The number of nitrogens with zero attached hydrogens (tertiary/aromatic N) is 3. The minimum absolute atomic E-state index is 0.918. The highest BCUT2D eigenvalue weighted by Crippen LogP contribution is 2.20. The minimum atomic E-state index is 0.918. The van der Waals surface area contributed by atoms with Crippen LogP contribution in [0.5, 0.6) is 0 Å². The number of benzene rings is 1. The van der Waals surface area contributed by atoms with Crippen molar-refractivity contribution >= 4 is 11.5 Å². The Kier molecular flexibility index (Phi) is 2.66. The topological polar surface area (TPSA) is 19.4 Å². The van der Waals surface area contributed by atoms with Crippen molar-refractivity contribution in [3.63, 3.8) is 0 Å². The lowest BCUT2D eigenvalue weighted by molar-refractivity contribution is 0.927. The molecule has 1 fully saturated rings. The molecule has 1 saturated heterocycles. The van der Waals surface area contributed by atoms with Crippen LogP contribution in [0.3, 0.4) is 0 Å². The van der Waals surface area contributed by atoms with Crippen LogP contribution in [-0.4, -0.2) is 24.7 Å². The zero-order chi connectivity index (χ0) is 11.5. The molecule has 0 unspecified atom stereocenters. The Hall–Kier alpha value is -2.03. The largest absolute Gasteiger partial charge is 0.352 e. The molecule has 0 saturated carbocycles. The number of rotatable bonds is 2. The molecule has 3 heteroatoms. The van der Waals surface area contributed by atoms with Crippen molar-refractivity contribution < 1.29 is 0 Å². The molecule has 1 aromatic carbocycles. The zero-order valence-electron chi connectivity index (χ0n) is 9.66. The van der Waals surface area contributed by atoms with E-state index in [9.17, 15) is 0 Å². The van der Waals surface area contributed by atoms with E-state index in [1.54, 1.807) is 0 Å². The first kappa shape index (κ1) is 10.1. The predicted molar refractivity (Wildman–Crippen MR) is 70.2 cm³/mol. The van der Waals surface area contributed by atoms with E-state index < -0.39 is 0 Å². The SMILES string of the molecule is c1ccc(N2CCN(c3ccccn3)C2)cc1. The van der Waals surface area contributed by atoms with Gasteiger partial charge in [-0.05, 0) is 24.3 Å². The first-order valence-electron chi connectivity index (χ1n) is 5.89. The molecule has 3 nitrogen and oxygen atoms in total. The summed E-state index contributed by atoms with van der Waals surface area (Å²) in [6.45, 7) is 3.01.